The summed E-state index contributed by atoms with van der Waals surface area (Å²) in [5.41, 5.74) is 2.11. The predicted octanol–water partition coefficient (Wildman–Crippen LogP) is 5.53. The maximum Gasteiger partial charge on any atom is 0.254 e. The van der Waals surface area contributed by atoms with Crippen LogP contribution in [0.5, 0.6) is 5.75 Å². The average Bonchev–Trinajstić information content (AvgIpc) is 3.37. The normalized spacial score (nSPS) is 33.7. The third kappa shape index (κ3) is 4.60. The first kappa shape index (κ1) is 31.4. The Hall–Kier alpha value is -2.24. The number of amides is 4. The molecule has 45 heavy (non-hydrogen) atoms. The van der Waals surface area contributed by atoms with Gasteiger partial charge in [0.2, 0.25) is 11.8 Å². The Morgan fingerprint density at radius 3 is 2.33 bits per heavy atom. The molecule has 3 aliphatic heterocycles. The predicted molar refractivity (Wildman–Crippen MR) is 176 cm³/mol. The highest BCUT2D eigenvalue weighted by molar-refractivity contribution is 9.10. The molecule has 0 spiro atoms. The molecule has 3 saturated heterocycles. The monoisotopic (exact) mass is 777 g/mol. The van der Waals surface area contributed by atoms with Crippen LogP contribution in [0.4, 0.5) is 0 Å². The summed E-state index contributed by atoms with van der Waals surface area (Å²) in [5, 5.41) is 11.1. The summed E-state index contributed by atoms with van der Waals surface area (Å²) in [5.74, 6) is -4.83. The first-order valence-corrected chi connectivity index (χ1v) is 17.8. The molecule has 2 aromatic carbocycles. The second-order valence-corrected chi connectivity index (χ2v) is 15.4. The fourth-order valence-corrected chi connectivity index (χ4v) is 10.2. The van der Waals surface area contributed by atoms with Crippen LogP contribution in [0, 0.1) is 17.8 Å². The van der Waals surface area contributed by atoms with Crippen molar-refractivity contribution in [2.24, 2.45) is 17.8 Å². The van der Waals surface area contributed by atoms with E-state index in [0.29, 0.717) is 34.9 Å². The van der Waals surface area contributed by atoms with Gasteiger partial charge < -0.3 is 5.11 Å². The molecule has 7 rings (SSSR count). The quantitative estimate of drug-likeness (QED) is 0.186. The molecule has 236 valence electrons. The van der Waals surface area contributed by atoms with E-state index in [0.717, 1.165) is 24.5 Å². The van der Waals surface area contributed by atoms with Crippen molar-refractivity contribution < 1.29 is 24.3 Å². The highest BCUT2D eigenvalue weighted by Gasteiger charge is 2.76. The molecule has 1 saturated carbocycles. The van der Waals surface area contributed by atoms with E-state index in [-0.39, 0.29) is 35.5 Å². The van der Waals surface area contributed by atoms with E-state index in [2.05, 4.69) is 48.9 Å². The van der Waals surface area contributed by atoms with E-state index >= 15 is 0 Å². The van der Waals surface area contributed by atoms with E-state index in [9.17, 15) is 24.3 Å². The van der Waals surface area contributed by atoms with Gasteiger partial charge in [-0.1, -0.05) is 73.8 Å². The zero-order chi connectivity index (χ0) is 31.8. The van der Waals surface area contributed by atoms with Crippen molar-refractivity contribution in [1.29, 1.82) is 0 Å². The van der Waals surface area contributed by atoms with E-state index in [1.54, 1.807) is 12.1 Å². The van der Waals surface area contributed by atoms with Crippen LogP contribution in [0.3, 0.4) is 0 Å². The number of alkyl halides is 3. The number of aromatic hydroxyl groups is 1. The van der Waals surface area contributed by atoms with Crippen LogP contribution in [0.2, 0.25) is 0 Å². The molecule has 2 aliphatic carbocycles. The topological polar surface area (TPSA) is 98.2 Å². The Bertz CT molecular complexity index is 1630. The molecule has 5 aliphatic rings. The maximum absolute atomic E-state index is 14.3. The van der Waals surface area contributed by atoms with E-state index in [1.807, 2.05) is 24.3 Å². The van der Waals surface area contributed by atoms with Gasteiger partial charge in [0, 0.05) is 41.6 Å². The molecule has 4 amide bonds. The van der Waals surface area contributed by atoms with Gasteiger partial charge in [-0.2, -0.15) is 0 Å². The van der Waals surface area contributed by atoms with Crippen LogP contribution >= 0.6 is 55.1 Å². The van der Waals surface area contributed by atoms with Crippen molar-refractivity contribution >= 4 is 78.7 Å². The van der Waals surface area contributed by atoms with Gasteiger partial charge in [-0.25, -0.2) is 0 Å². The third-order valence-electron chi connectivity index (χ3n) is 10.5. The molecule has 12 heteroatoms. The van der Waals surface area contributed by atoms with Crippen LogP contribution < -0.4 is 0 Å². The van der Waals surface area contributed by atoms with Gasteiger partial charge in [0.1, 0.15) is 5.75 Å². The summed E-state index contributed by atoms with van der Waals surface area (Å²) in [7, 11) is 0. The van der Waals surface area contributed by atoms with Crippen molar-refractivity contribution in [2.75, 3.05) is 18.5 Å². The first-order valence-electron chi connectivity index (χ1n) is 15.1. The number of carbonyl (C=O) groups is 4. The SMILES string of the molecule is O=C1C2CC=C3C(CC4(Cl)C(=O)N(CBr)C(=O)C4(Cl)C3c3cc(Br)ccc3O)C2C(=O)N1C1CCN(Cc2ccccc2)CC1. The number of nitrogens with zero attached hydrogens (tertiary/aromatic N) is 3. The molecule has 6 unspecified atom stereocenters. The Kier molecular flexibility index (Phi) is 8.00. The Morgan fingerprint density at radius 1 is 0.933 bits per heavy atom. The number of hydrogen-bond acceptors (Lipinski definition) is 6. The first-order chi connectivity index (χ1) is 21.5. The van der Waals surface area contributed by atoms with Gasteiger partial charge in [0.25, 0.3) is 11.8 Å². The van der Waals surface area contributed by atoms with Gasteiger partial charge in [0.15, 0.2) is 9.75 Å². The molecule has 0 aromatic heterocycles. The fourth-order valence-electron chi connectivity index (χ4n) is 8.42. The van der Waals surface area contributed by atoms with Crippen LogP contribution in [-0.4, -0.2) is 77.8 Å². The third-order valence-corrected chi connectivity index (χ3v) is 12.9. The number of benzene rings is 2. The molecular formula is C33H31Br2Cl2N3O5. The molecule has 0 radical (unpaired) electrons. The van der Waals surface area contributed by atoms with E-state index in [4.69, 9.17) is 23.2 Å². The summed E-state index contributed by atoms with van der Waals surface area (Å²) in [6.07, 6.45) is 3.47. The van der Waals surface area contributed by atoms with Crippen LogP contribution in [0.15, 0.2) is 64.7 Å². The number of likely N-dealkylation sites (tertiary alicyclic amines) is 3. The van der Waals surface area contributed by atoms with Gasteiger partial charge >= 0.3 is 0 Å². The number of fused-ring (bicyclic) bond motifs is 4. The number of phenols is 1. The molecule has 3 heterocycles. The average molecular weight is 780 g/mol. The fraction of sp³-hybridized carbons (Fsp3) is 0.455. The van der Waals surface area contributed by atoms with E-state index < -0.39 is 45.2 Å². The van der Waals surface area contributed by atoms with Gasteiger partial charge in [-0.05, 0) is 55.4 Å². The number of carbonyl (C=O) groups excluding carboxylic acids is 4. The van der Waals surface area contributed by atoms with Crippen molar-refractivity contribution in [3.63, 3.8) is 0 Å². The lowest BCUT2D eigenvalue weighted by atomic mass is 9.56. The Morgan fingerprint density at radius 2 is 1.64 bits per heavy atom. The summed E-state index contributed by atoms with van der Waals surface area (Å²) in [4.78, 5) is 57.0. The zero-order valence-corrected chi connectivity index (χ0v) is 28.9. The minimum Gasteiger partial charge on any atom is -0.508 e. The van der Waals surface area contributed by atoms with Gasteiger partial charge in [-0.15, -0.1) is 23.2 Å². The highest BCUT2D eigenvalue weighted by atomic mass is 79.9. The lowest BCUT2D eigenvalue weighted by molar-refractivity contribution is -0.144. The summed E-state index contributed by atoms with van der Waals surface area (Å²) in [6, 6.07) is 14.8. The Balaban J connectivity index is 1.22. The summed E-state index contributed by atoms with van der Waals surface area (Å²) >= 11 is 21.2. The van der Waals surface area contributed by atoms with Crippen LogP contribution in [-0.2, 0) is 25.7 Å². The van der Waals surface area contributed by atoms with Crippen molar-refractivity contribution in [1.82, 2.24) is 14.7 Å². The minimum atomic E-state index is -1.95. The number of piperidine rings is 1. The number of allylic oxidation sites excluding steroid dienone is 2. The smallest absolute Gasteiger partial charge is 0.254 e. The lowest BCUT2D eigenvalue weighted by Crippen LogP contribution is -2.60. The molecule has 6 atom stereocenters. The molecular weight excluding hydrogens is 749 g/mol. The maximum atomic E-state index is 14.3. The number of hydrogen-bond donors (Lipinski definition) is 1. The standard InChI is InChI=1S/C33H31Br2Cl2N3O5/c34-17-39-30(44)32(36)15-24-21(27(33(32,37)31(39)45)23-14-19(35)6-9-25(23)41)7-8-22-26(24)29(43)40(28(22)42)20-10-12-38(13-11-20)16-18-4-2-1-3-5-18/h1-7,9,14,20,22,24,26-27,41H,8,10-13,15-17H2. The largest absolute Gasteiger partial charge is 0.508 e. The van der Waals surface area contributed by atoms with Crippen molar-refractivity contribution in [2.45, 2.75) is 53.9 Å². The van der Waals surface area contributed by atoms with E-state index in [1.165, 1.54) is 16.5 Å². The number of rotatable bonds is 5. The second-order valence-electron chi connectivity index (χ2n) is 12.7. The second kappa shape index (κ2) is 11.5. The van der Waals surface area contributed by atoms with Crippen molar-refractivity contribution in [3.05, 3.63) is 75.8 Å². The minimum absolute atomic E-state index is 0.0766. The van der Waals surface area contributed by atoms with Crippen LogP contribution in [0.1, 0.15) is 42.7 Å². The number of phenolic OH excluding ortho intramolecular Hbond substituents is 1. The molecule has 2 aromatic rings. The zero-order valence-electron chi connectivity index (χ0n) is 24.2. The van der Waals surface area contributed by atoms with Gasteiger partial charge in [0.05, 0.1) is 17.3 Å². The molecule has 8 nitrogen and oxygen atoms in total. The summed E-state index contributed by atoms with van der Waals surface area (Å²) < 4.78 is 0.637. The highest BCUT2D eigenvalue weighted by Crippen LogP contribution is 2.66. The lowest BCUT2D eigenvalue weighted by Gasteiger charge is -2.50. The summed E-state index contributed by atoms with van der Waals surface area (Å²) in [6.45, 7) is 2.35. The number of halogens is 4. The molecule has 4 fully saturated rings. The van der Waals surface area contributed by atoms with Crippen molar-refractivity contribution in [3.8, 4) is 5.75 Å². The van der Waals surface area contributed by atoms with Crippen LogP contribution in [0.25, 0.3) is 0 Å². The van der Waals surface area contributed by atoms with Gasteiger partial charge in [-0.3, -0.25) is 33.9 Å². The number of imide groups is 2. The molecule has 0 bridgehead atoms. The molecule has 1 N–H and O–H groups in total. The Labute approximate surface area is 287 Å².